The van der Waals surface area contributed by atoms with Gasteiger partial charge < -0.3 is 10.6 Å². The normalized spacial score (nSPS) is 10.3. The van der Waals surface area contributed by atoms with Crippen LogP contribution < -0.4 is 10.6 Å². The third kappa shape index (κ3) is 3.63. The zero-order chi connectivity index (χ0) is 14.4. The fourth-order valence-corrected chi connectivity index (χ4v) is 1.68. The summed E-state index contributed by atoms with van der Waals surface area (Å²) in [5.74, 6) is 0.137. The number of nitrogens with one attached hydrogen (secondary N) is 2. The lowest BCUT2D eigenvalue weighted by molar-refractivity contribution is 0.617. The number of hydrogen-bond donors (Lipinski definition) is 2. The van der Waals surface area contributed by atoms with Crippen LogP contribution in [-0.4, -0.2) is 21.5 Å². The number of rotatable bonds is 6. The summed E-state index contributed by atoms with van der Waals surface area (Å²) in [4.78, 5) is 12.3. The summed E-state index contributed by atoms with van der Waals surface area (Å²) in [6.07, 6.45) is 3.84. The number of pyridine rings is 1. The van der Waals surface area contributed by atoms with Crippen molar-refractivity contribution in [1.29, 1.82) is 0 Å². The lowest BCUT2D eigenvalue weighted by Crippen LogP contribution is -2.10. The van der Waals surface area contributed by atoms with Crippen molar-refractivity contribution in [3.8, 4) is 0 Å². The lowest BCUT2D eigenvalue weighted by atomic mass is 10.2. The monoisotopic (exact) mass is 275 g/mol. The molecule has 0 aliphatic rings. The Balaban J connectivity index is 2.07. The second kappa shape index (κ2) is 6.79. The highest BCUT2D eigenvalue weighted by Gasteiger charge is 2.07. The summed E-state index contributed by atoms with van der Waals surface area (Å²) < 4.78 is 13.7. The van der Waals surface area contributed by atoms with Crippen molar-refractivity contribution in [2.24, 2.45) is 0 Å². The molecule has 0 aromatic carbocycles. The molecule has 0 atom stereocenters. The Morgan fingerprint density at radius 1 is 1.25 bits per heavy atom. The maximum absolute atomic E-state index is 13.7. The fraction of sp³-hybridized carbons (Fsp3) is 0.357. The smallest absolute Gasteiger partial charge is 0.224 e. The van der Waals surface area contributed by atoms with Gasteiger partial charge in [0, 0.05) is 12.7 Å². The van der Waals surface area contributed by atoms with E-state index in [0.717, 1.165) is 24.2 Å². The largest absolute Gasteiger partial charge is 0.362 e. The number of anilines is 2. The minimum Gasteiger partial charge on any atom is -0.362 e. The Labute approximate surface area is 117 Å². The molecule has 0 aliphatic carbocycles. The standard InChI is InChI=1S/C14H18FN5/c1-3-6-17-14-19-8-11(15)13(20-14)18-9-12-10(2)5-4-7-16-12/h4-5,7-8H,3,6,9H2,1-2H3,(H2,17,18,19,20). The van der Waals surface area contributed by atoms with Gasteiger partial charge in [-0.05, 0) is 25.0 Å². The molecule has 20 heavy (non-hydrogen) atoms. The topological polar surface area (TPSA) is 62.7 Å². The van der Waals surface area contributed by atoms with Crippen molar-refractivity contribution in [3.05, 3.63) is 41.6 Å². The summed E-state index contributed by atoms with van der Waals surface area (Å²) >= 11 is 0. The average Bonchev–Trinajstić information content (AvgIpc) is 2.46. The molecule has 0 saturated carbocycles. The van der Waals surface area contributed by atoms with Crippen LogP contribution in [0, 0.1) is 12.7 Å². The zero-order valence-electron chi connectivity index (χ0n) is 11.7. The second-order valence-electron chi connectivity index (χ2n) is 4.44. The van der Waals surface area contributed by atoms with Gasteiger partial charge in [-0.25, -0.2) is 9.37 Å². The van der Waals surface area contributed by atoms with Crippen molar-refractivity contribution >= 4 is 11.8 Å². The van der Waals surface area contributed by atoms with Crippen molar-refractivity contribution in [2.75, 3.05) is 17.2 Å². The number of halogens is 1. The predicted molar refractivity (Wildman–Crippen MR) is 77.1 cm³/mol. The van der Waals surface area contributed by atoms with Gasteiger partial charge in [0.1, 0.15) is 0 Å². The first-order valence-electron chi connectivity index (χ1n) is 6.61. The molecule has 0 unspecified atom stereocenters. The molecular weight excluding hydrogens is 257 g/mol. The van der Waals surface area contributed by atoms with Crippen LogP contribution >= 0.6 is 0 Å². The van der Waals surface area contributed by atoms with Crippen LogP contribution in [0.25, 0.3) is 0 Å². The molecule has 2 aromatic rings. The van der Waals surface area contributed by atoms with Gasteiger partial charge in [0.25, 0.3) is 0 Å². The second-order valence-corrected chi connectivity index (χ2v) is 4.44. The van der Waals surface area contributed by atoms with E-state index in [1.54, 1.807) is 6.20 Å². The van der Waals surface area contributed by atoms with Gasteiger partial charge >= 0.3 is 0 Å². The highest BCUT2D eigenvalue weighted by Crippen LogP contribution is 2.13. The van der Waals surface area contributed by atoms with Crippen LogP contribution in [0.15, 0.2) is 24.5 Å². The lowest BCUT2D eigenvalue weighted by Gasteiger charge is -2.09. The quantitative estimate of drug-likeness (QED) is 0.848. The molecule has 6 heteroatoms. The summed E-state index contributed by atoms with van der Waals surface area (Å²) in [5, 5.41) is 5.99. The predicted octanol–water partition coefficient (Wildman–Crippen LogP) is 2.75. The van der Waals surface area contributed by atoms with E-state index in [2.05, 4.69) is 25.6 Å². The highest BCUT2D eigenvalue weighted by molar-refractivity contribution is 5.41. The molecule has 0 spiro atoms. The van der Waals surface area contributed by atoms with E-state index in [4.69, 9.17) is 0 Å². The third-order valence-corrected chi connectivity index (χ3v) is 2.82. The summed E-state index contributed by atoms with van der Waals surface area (Å²) in [5.41, 5.74) is 1.92. The molecule has 0 fully saturated rings. The Morgan fingerprint density at radius 3 is 2.85 bits per heavy atom. The van der Waals surface area contributed by atoms with Crippen LogP contribution in [-0.2, 0) is 6.54 Å². The first-order valence-corrected chi connectivity index (χ1v) is 6.61. The van der Waals surface area contributed by atoms with Gasteiger partial charge in [0.2, 0.25) is 5.95 Å². The SMILES string of the molecule is CCCNc1ncc(F)c(NCc2ncccc2C)n1. The van der Waals surface area contributed by atoms with Crippen LogP contribution in [0.1, 0.15) is 24.6 Å². The first kappa shape index (κ1) is 14.2. The van der Waals surface area contributed by atoms with E-state index in [1.165, 1.54) is 6.20 Å². The minimum absolute atomic E-state index is 0.184. The fourth-order valence-electron chi connectivity index (χ4n) is 1.68. The van der Waals surface area contributed by atoms with E-state index >= 15 is 0 Å². The Kier molecular flexibility index (Phi) is 4.81. The Hall–Kier alpha value is -2.24. The van der Waals surface area contributed by atoms with Crippen molar-refractivity contribution in [2.45, 2.75) is 26.8 Å². The van der Waals surface area contributed by atoms with Gasteiger partial charge in [-0.2, -0.15) is 4.98 Å². The van der Waals surface area contributed by atoms with Crippen molar-refractivity contribution in [3.63, 3.8) is 0 Å². The molecule has 0 saturated heterocycles. The molecule has 2 heterocycles. The molecular formula is C14H18FN5. The number of aryl methyl sites for hydroxylation is 1. The van der Waals surface area contributed by atoms with E-state index in [-0.39, 0.29) is 5.82 Å². The van der Waals surface area contributed by atoms with E-state index in [9.17, 15) is 4.39 Å². The third-order valence-electron chi connectivity index (χ3n) is 2.82. The van der Waals surface area contributed by atoms with Gasteiger partial charge in [0.15, 0.2) is 11.6 Å². The maximum Gasteiger partial charge on any atom is 0.224 e. The molecule has 2 N–H and O–H groups in total. The molecule has 0 aliphatic heterocycles. The zero-order valence-corrected chi connectivity index (χ0v) is 11.7. The van der Waals surface area contributed by atoms with Crippen molar-refractivity contribution < 1.29 is 4.39 Å². The van der Waals surface area contributed by atoms with E-state index < -0.39 is 5.82 Å². The highest BCUT2D eigenvalue weighted by atomic mass is 19.1. The Morgan fingerprint density at radius 2 is 2.10 bits per heavy atom. The van der Waals surface area contributed by atoms with Crippen LogP contribution in [0.4, 0.5) is 16.2 Å². The number of nitrogens with zero attached hydrogens (tertiary/aromatic N) is 3. The molecule has 2 rings (SSSR count). The van der Waals surface area contributed by atoms with E-state index in [1.807, 2.05) is 26.0 Å². The van der Waals surface area contributed by atoms with Gasteiger partial charge in [-0.3, -0.25) is 4.98 Å². The maximum atomic E-state index is 13.7. The summed E-state index contributed by atoms with van der Waals surface area (Å²) in [7, 11) is 0. The van der Waals surface area contributed by atoms with Crippen LogP contribution in [0.5, 0.6) is 0 Å². The molecule has 0 radical (unpaired) electrons. The minimum atomic E-state index is -0.472. The molecule has 106 valence electrons. The molecule has 5 nitrogen and oxygen atoms in total. The summed E-state index contributed by atoms with van der Waals surface area (Å²) in [6, 6.07) is 3.84. The van der Waals surface area contributed by atoms with E-state index in [0.29, 0.717) is 12.5 Å². The van der Waals surface area contributed by atoms with Gasteiger partial charge in [-0.15, -0.1) is 0 Å². The number of hydrogen-bond acceptors (Lipinski definition) is 5. The molecule has 0 bridgehead atoms. The van der Waals surface area contributed by atoms with Crippen LogP contribution in [0.3, 0.4) is 0 Å². The van der Waals surface area contributed by atoms with Crippen LogP contribution in [0.2, 0.25) is 0 Å². The first-order chi connectivity index (χ1) is 9.70. The Bertz CT molecular complexity index is 573. The summed E-state index contributed by atoms with van der Waals surface area (Å²) in [6.45, 7) is 5.19. The van der Waals surface area contributed by atoms with Crippen molar-refractivity contribution in [1.82, 2.24) is 15.0 Å². The van der Waals surface area contributed by atoms with Gasteiger partial charge in [-0.1, -0.05) is 13.0 Å². The molecule has 2 aromatic heterocycles. The molecule has 0 amide bonds. The average molecular weight is 275 g/mol. The number of aromatic nitrogens is 3. The van der Waals surface area contributed by atoms with Gasteiger partial charge in [0.05, 0.1) is 18.4 Å².